The van der Waals surface area contributed by atoms with Crippen LogP contribution >= 0.6 is 0 Å². The van der Waals surface area contributed by atoms with E-state index in [1.54, 1.807) is 12.1 Å². The average molecular weight is 284 g/mol. The van der Waals surface area contributed by atoms with E-state index in [0.717, 1.165) is 29.2 Å². The van der Waals surface area contributed by atoms with Gasteiger partial charge in [-0.15, -0.1) is 0 Å². The van der Waals surface area contributed by atoms with Crippen molar-refractivity contribution < 1.29 is 10.2 Å². The summed E-state index contributed by atoms with van der Waals surface area (Å²) in [4.78, 5) is 4.29. The van der Waals surface area contributed by atoms with Gasteiger partial charge in [-0.3, -0.25) is 0 Å². The number of anilines is 4. The monoisotopic (exact) mass is 284 g/mol. The van der Waals surface area contributed by atoms with Crippen molar-refractivity contribution in [2.75, 3.05) is 27.9 Å². The molecule has 108 valence electrons. The van der Waals surface area contributed by atoms with Gasteiger partial charge in [0.15, 0.2) is 0 Å². The highest BCUT2D eigenvalue weighted by Gasteiger charge is 2.32. The topological polar surface area (TPSA) is 99.0 Å². The molecule has 4 rings (SSSR count). The van der Waals surface area contributed by atoms with Gasteiger partial charge in [-0.1, -0.05) is 0 Å². The van der Waals surface area contributed by atoms with Gasteiger partial charge in [-0.2, -0.15) is 0 Å². The third kappa shape index (κ3) is 1.53. The number of rotatable bonds is 0. The largest absolute Gasteiger partial charge is 0.506 e. The Morgan fingerprint density at radius 2 is 1.19 bits per heavy atom. The summed E-state index contributed by atoms with van der Waals surface area (Å²) < 4.78 is 0. The molecule has 2 heterocycles. The molecule has 2 aliphatic heterocycles. The van der Waals surface area contributed by atoms with Crippen LogP contribution in [0, 0.1) is 0 Å². The minimum atomic E-state index is 0.113. The maximum Gasteiger partial charge on any atom is 0.138 e. The fourth-order valence-corrected chi connectivity index (χ4v) is 3.22. The molecule has 2 aromatic carbocycles. The van der Waals surface area contributed by atoms with Crippen LogP contribution in [0.2, 0.25) is 0 Å². The lowest BCUT2D eigenvalue weighted by Crippen LogP contribution is -2.46. The number of nitrogens with two attached hydrogens (primary N) is 2. The van der Waals surface area contributed by atoms with E-state index < -0.39 is 0 Å². The van der Waals surface area contributed by atoms with Gasteiger partial charge in [0.1, 0.15) is 11.5 Å². The fraction of sp³-hybridized carbons (Fsp3) is 0.200. The zero-order valence-electron chi connectivity index (χ0n) is 11.4. The molecule has 21 heavy (non-hydrogen) atoms. The van der Waals surface area contributed by atoms with Crippen molar-refractivity contribution >= 4 is 22.7 Å². The first kappa shape index (κ1) is 12.0. The summed E-state index contributed by atoms with van der Waals surface area (Å²) in [6.45, 7) is 1.97. The van der Waals surface area contributed by atoms with Gasteiger partial charge in [-0.25, -0.2) is 0 Å². The van der Waals surface area contributed by atoms with Gasteiger partial charge in [-0.05, 0) is 24.3 Å². The Hall–Kier alpha value is -2.76. The van der Waals surface area contributed by atoms with Crippen LogP contribution in [-0.4, -0.2) is 16.9 Å². The second kappa shape index (κ2) is 3.88. The van der Waals surface area contributed by atoms with Gasteiger partial charge < -0.3 is 31.5 Å². The van der Waals surface area contributed by atoms with Crippen molar-refractivity contribution in [2.24, 2.45) is 0 Å². The molecule has 0 aromatic heterocycles. The van der Waals surface area contributed by atoms with E-state index in [-0.39, 0.29) is 11.5 Å². The summed E-state index contributed by atoms with van der Waals surface area (Å²) in [7, 11) is 0. The number of aromatic hydroxyl groups is 2. The number of fused-ring (bicyclic) bond motifs is 6. The lowest BCUT2D eigenvalue weighted by molar-refractivity contribution is 0.476. The maximum absolute atomic E-state index is 9.80. The van der Waals surface area contributed by atoms with Crippen molar-refractivity contribution in [1.29, 1.82) is 0 Å². The highest BCUT2D eigenvalue weighted by Crippen LogP contribution is 2.45. The highest BCUT2D eigenvalue weighted by molar-refractivity contribution is 5.79. The SMILES string of the molecule is Nc1c(O)ccc2c1CN1CN2Cc2c1ccc(O)c2N. The molecule has 2 bridgehead atoms. The molecule has 2 aliphatic rings. The first-order chi connectivity index (χ1) is 10.1. The van der Waals surface area contributed by atoms with E-state index in [4.69, 9.17) is 11.5 Å². The van der Waals surface area contributed by atoms with E-state index in [2.05, 4.69) is 9.80 Å². The molecule has 0 fully saturated rings. The number of hydrogen-bond donors (Lipinski definition) is 4. The molecule has 0 atom stereocenters. The van der Waals surface area contributed by atoms with Crippen LogP contribution < -0.4 is 21.3 Å². The molecule has 0 spiro atoms. The normalized spacial score (nSPS) is 15.6. The summed E-state index contributed by atoms with van der Waals surface area (Å²) in [6.07, 6.45) is 0. The molecule has 0 unspecified atom stereocenters. The number of nitrogens with zero attached hydrogens (tertiary/aromatic N) is 2. The van der Waals surface area contributed by atoms with Crippen molar-refractivity contribution in [2.45, 2.75) is 13.1 Å². The van der Waals surface area contributed by atoms with Crippen LogP contribution in [-0.2, 0) is 13.1 Å². The first-order valence-electron chi connectivity index (χ1n) is 6.77. The predicted octanol–water partition coefficient (Wildman–Crippen LogP) is 1.56. The summed E-state index contributed by atoms with van der Waals surface area (Å²) in [6, 6.07) is 6.99. The molecule has 0 amide bonds. The molecular weight excluding hydrogens is 268 g/mol. The predicted molar refractivity (Wildman–Crippen MR) is 82.3 cm³/mol. The lowest BCUT2D eigenvalue weighted by atomic mass is 9.99. The van der Waals surface area contributed by atoms with Crippen LogP contribution in [0.5, 0.6) is 11.5 Å². The summed E-state index contributed by atoms with van der Waals surface area (Å²) >= 11 is 0. The minimum Gasteiger partial charge on any atom is -0.506 e. The number of nitrogen functional groups attached to an aromatic ring is 2. The van der Waals surface area contributed by atoms with Crippen LogP contribution in [0.4, 0.5) is 22.7 Å². The molecular formula is C15H16N4O2. The Labute approximate surface area is 121 Å². The van der Waals surface area contributed by atoms with Crippen molar-refractivity contribution in [3.05, 3.63) is 35.4 Å². The molecule has 0 saturated carbocycles. The van der Waals surface area contributed by atoms with E-state index in [9.17, 15) is 10.2 Å². The van der Waals surface area contributed by atoms with Crippen LogP contribution in [0.25, 0.3) is 0 Å². The third-order valence-corrected chi connectivity index (χ3v) is 4.34. The number of phenols is 2. The molecule has 0 saturated heterocycles. The van der Waals surface area contributed by atoms with Crippen LogP contribution in [0.1, 0.15) is 11.1 Å². The molecule has 0 aliphatic carbocycles. The van der Waals surface area contributed by atoms with Crippen molar-refractivity contribution in [1.82, 2.24) is 0 Å². The quantitative estimate of drug-likeness (QED) is 0.433. The highest BCUT2D eigenvalue weighted by atomic mass is 16.3. The van der Waals surface area contributed by atoms with E-state index in [1.165, 1.54) is 0 Å². The van der Waals surface area contributed by atoms with E-state index in [0.29, 0.717) is 24.5 Å². The average Bonchev–Trinajstić information content (AvgIpc) is 2.48. The Bertz CT molecular complexity index is 696. The molecule has 6 N–H and O–H groups in total. The van der Waals surface area contributed by atoms with Gasteiger partial charge in [0, 0.05) is 35.6 Å². The molecule has 6 nitrogen and oxygen atoms in total. The summed E-state index contributed by atoms with van der Waals surface area (Å²) in [5.74, 6) is 0.225. The number of phenolic OH excluding ortho intramolecular Hbond substituents is 2. The Balaban J connectivity index is 1.88. The van der Waals surface area contributed by atoms with Crippen molar-refractivity contribution in [3.63, 3.8) is 0 Å². The summed E-state index contributed by atoms with van der Waals surface area (Å²) in [5, 5.41) is 19.6. The Morgan fingerprint density at radius 3 is 1.62 bits per heavy atom. The minimum absolute atomic E-state index is 0.113. The number of hydrogen-bond acceptors (Lipinski definition) is 6. The van der Waals surface area contributed by atoms with Gasteiger partial charge in [0.2, 0.25) is 0 Å². The van der Waals surface area contributed by atoms with E-state index >= 15 is 0 Å². The Kier molecular flexibility index (Phi) is 2.22. The standard InChI is InChI=1S/C15H16N4O2/c16-14-8-5-19-7-18(10(8)1-3-12(14)20)6-9-11(19)2-4-13(21)15(9)17/h1-4,20-21H,5-7,16-17H2. The van der Waals surface area contributed by atoms with Gasteiger partial charge in [0.25, 0.3) is 0 Å². The van der Waals surface area contributed by atoms with Crippen LogP contribution in [0.3, 0.4) is 0 Å². The zero-order chi connectivity index (χ0) is 14.7. The van der Waals surface area contributed by atoms with E-state index in [1.807, 2.05) is 12.1 Å². The second-order valence-electron chi connectivity index (χ2n) is 5.53. The fourth-order valence-electron chi connectivity index (χ4n) is 3.22. The third-order valence-electron chi connectivity index (χ3n) is 4.34. The molecule has 0 radical (unpaired) electrons. The first-order valence-corrected chi connectivity index (χ1v) is 6.77. The van der Waals surface area contributed by atoms with Crippen LogP contribution in [0.15, 0.2) is 24.3 Å². The molecule has 6 heteroatoms. The zero-order valence-corrected chi connectivity index (χ0v) is 11.4. The second-order valence-corrected chi connectivity index (χ2v) is 5.53. The summed E-state index contributed by atoms with van der Waals surface area (Å²) in [5.41, 5.74) is 16.8. The van der Waals surface area contributed by atoms with Gasteiger partial charge in [0.05, 0.1) is 18.0 Å². The molecule has 2 aromatic rings. The smallest absolute Gasteiger partial charge is 0.138 e. The maximum atomic E-state index is 9.80. The lowest BCUT2D eigenvalue weighted by Gasteiger charge is -2.45. The van der Waals surface area contributed by atoms with Crippen molar-refractivity contribution in [3.8, 4) is 11.5 Å². The Morgan fingerprint density at radius 1 is 0.762 bits per heavy atom. The van der Waals surface area contributed by atoms with Gasteiger partial charge >= 0.3 is 0 Å². The number of benzene rings is 2.